The molecular formula is C108H58N6O4S2. The number of nitrogens with zero attached hydrogens (tertiary/aromatic N) is 6. The van der Waals surface area contributed by atoms with Crippen LogP contribution in [0, 0.1) is 0 Å². The molecule has 120 heavy (non-hydrogen) atoms. The third-order valence-electron chi connectivity index (χ3n) is 24.8. The van der Waals surface area contributed by atoms with Crippen LogP contribution >= 0.6 is 22.7 Å². The quantitative estimate of drug-likeness (QED) is 0.162. The molecule has 12 heteroatoms. The van der Waals surface area contributed by atoms with Crippen LogP contribution in [-0.2, 0) is 0 Å². The molecule has 28 rings (SSSR count). The van der Waals surface area contributed by atoms with E-state index in [2.05, 4.69) is 355 Å². The minimum absolute atomic E-state index is 0.594. The van der Waals surface area contributed by atoms with Gasteiger partial charge in [0.25, 0.3) is 0 Å². The van der Waals surface area contributed by atoms with Gasteiger partial charge in [0.2, 0.25) is 11.9 Å². The molecule has 0 radical (unpaired) electrons. The van der Waals surface area contributed by atoms with Crippen molar-refractivity contribution in [2.75, 3.05) is 0 Å². The monoisotopic (exact) mass is 1570 g/mol. The Kier molecular flexibility index (Phi) is 13.7. The van der Waals surface area contributed by atoms with Crippen molar-refractivity contribution in [2.45, 2.75) is 0 Å². The van der Waals surface area contributed by atoms with E-state index in [1.54, 1.807) is 22.7 Å². The van der Waals surface area contributed by atoms with Crippen molar-refractivity contribution < 1.29 is 17.7 Å². The van der Waals surface area contributed by atoms with Gasteiger partial charge in [0.05, 0.1) is 64.7 Å². The van der Waals surface area contributed by atoms with E-state index in [0.29, 0.717) is 11.9 Å². The largest absolute Gasteiger partial charge is 0.456 e. The van der Waals surface area contributed by atoms with Gasteiger partial charge < -0.3 is 17.7 Å². The number of hydrogen-bond donors (Lipinski definition) is 0. The molecular weight excluding hydrogens is 1510 g/mol. The third kappa shape index (κ3) is 9.36. The lowest BCUT2D eigenvalue weighted by atomic mass is 9.95. The van der Waals surface area contributed by atoms with E-state index in [0.717, 1.165) is 223 Å². The predicted molar refractivity (Wildman–Crippen MR) is 499 cm³/mol. The van der Waals surface area contributed by atoms with Crippen LogP contribution in [0.15, 0.2) is 370 Å². The molecule has 0 fully saturated rings. The van der Waals surface area contributed by atoms with Crippen molar-refractivity contribution in [3.05, 3.63) is 352 Å². The Morgan fingerprint density at radius 1 is 0.217 bits per heavy atom. The van der Waals surface area contributed by atoms with E-state index < -0.39 is 0 Å². The maximum atomic E-state index is 7.05. The molecule has 10 heterocycles. The van der Waals surface area contributed by atoms with E-state index in [-0.39, 0.29) is 0 Å². The smallest absolute Gasteiger partial charge is 0.235 e. The second kappa shape index (κ2) is 25.0. The average molecular weight is 1570 g/mol. The fourth-order valence-electron chi connectivity index (χ4n) is 19.6. The highest BCUT2D eigenvalue weighted by atomic mass is 32.1. The molecule has 556 valence electrons. The summed E-state index contributed by atoms with van der Waals surface area (Å²) in [5.41, 5.74) is 21.0. The van der Waals surface area contributed by atoms with Gasteiger partial charge in [-0.25, -0.2) is 19.9 Å². The summed E-state index contributed by atoms with van der Waals surface area (Å²) in [5.74, 6) is 1.21. The molecule has 0 bridgehead atoms. The second-order valence-electron chi connectivity index (χ2n) is 31.2. The molecule has 0 atom stereocenters. The summed E-state index contributed by atoms with van der Waals surface area (Å²) >= 11 is 3.47. The molecule has 10 nitrogen and oxygen atoms in total. The summed E-state index contributed by atoms with van der Waals surface area (Å²) in [6.07, 6.45) is 0. The lowest BCUT2D eigenvalue weighted by molar-refractivity contribution is 0.669. The van der Waals surface area contributed by atoms with Crippen LogP contribution in [0.5, 0.6) is 0 Å². The molecule has 18 aromatic carbocycles. The Bertz CT molecular complexity index is 9340. The van der Waals surface area contributed by atoms with Gasteiger partial charge in [-0.15, -0.1) is 22.7 Å². The second-order valence-corrected chi connectivity index (χ2v) is 33.3. The summed E-state index contributed by atoms with van der Waals surface area (Å²) in [6, 6.07) is 124. The SMILES string of the molecule is c1ccc(-c2cc3oc4c(ccc5c4c4ccccc4n5-c4nc(-c5cc6ccccc6c6c5oc5ccccc56)c5sc6ccccc6c5n4)c3c3ccccc23)cc1.c1ccc(-c2cc3oc4c(ccc5c4c4ccccc4n5-c4nc(-c5ccc6oc7ccc8ccccc8c7c6c5)c5sc6ccccc6c5n4)c3c3ccccc23)cc1. The Hall–Kier alpha value is -15.6. The molecule has 0 spiro atoms. The maximum absolute atomic E-state index is 7.05. The zero-order valence-corrected chi connectivity index (χ0v) is 65.3. The molecule has 0 saturated carbocycles. The van der Waals surface area contributed by atoms with Crippen molar-refractivity contribution in [3.63, 3.8) is 0 Å². The van der Waals surface area contributed by atoms with Crippen LogP contribution in [0.3, 0.4) is 0 Å². The molecule has 0 amide bonds. The average Bonchev–Trinajstić information content (AvgIpc) is 1.55. The lowest BCUT2D eigenvalue weighted by Gasteiger charge is -2.11. The topological polar surface area (TPSA) is 114 Å². The zero-order valence-electron chi connectivity index (χ0n) is 63.6. The van der Waals surface area contributed by atoms with Crippen molar-refractivity contribution >= 4 is 238 Å². The van der Waals surface area contributed by atoms with Crippen LogP contribution in [0.25, 0.3) is 272 Å². The van der Waals surface area contributed by atoms with Gasteiger partial charge in [0.15, 0.2) is 0 Å². The Morgan fingerprint density at radius 2 is 0.650 bits per heavy atom. The Balaban J connectivity index is 0.000000127. The van der Waals surface area contributed by atoms with E-state index >= 15 is 0 Å². The number of hydrogen-bond acceptors (Lipinski definition) is 10. The van der Waals surface area contributed by atoms with Crippen LogP contribution in [0.2, 0.25) is 0 Å². The normalized spacial score (nSPS) is 12.3. The van der Waals surface area contributed by atoms with Crippen LogP contribution < -0.4 is 0 Å². The van der Waals surface area contributed by atoms with Crippen LogP contribution in [0.4, 0.5) is 0 Å². The highest BCUT2D eigenvalue weighted by molar-refractivity contribution is 7.26. The number of benzene rings is 18. The predicted octanol–water partition coefficient (Wildman–Crippen LogP) is 30.8. The number of furan rings is 4. The first kappa shape index (κ1) is 65.6. The fourth-order valence-corrected chi connectivity index (χ4v) is 21.9. The Labute approximate surface area is 688 Å². The maximum Gasteiger partial charge on any atom is 0.235 e. The van der Waals surface area contributed by atoms with Gasteiger partial charge in [-0.3, -0.25) is 9.13 Å². The van der Waals surface area contributed by atoms with Crippen LogP contribution in [-0.4, -0.2) is 29.1 Å². The van der Waals surface area contributed by atoms with E-state index in [1.165, 1.54) is 37.0 Å². The van der Waals surface area contributed by atoms with Gasteiger partial charge in [-0.2, -0.15) is 0 Å². The van der Waals surface area contributed by atoms with Gasteiger partial charge in [0, 0.05) is 85.2 Å². The number of thiophene rings is 2. The standard InChI is InChI=1S/2C54H29N3O2S/c1-2-14-30(15-3-1)39-29-44-46(34-19-7-6-18-33(34)39)38-26-27-42-48(51(38)59-44)35-20-8-11-23-41(35)57(42)54-55-49-37-22-10-13-25-45(37)60-53(49)50(56-54)40-28-31-16-4-5-17-32(31)47-36-21-9-12-24-43(36)58-52(40)47;1-2-12-30(13-3-1)39-29-45-48(35-17-7-6-16-34(35)39)38-24-25-42-49(52(38)59-45)36-18-8-10-20-41(36)57(42)54-55-50(53-51(56-54)37-19-9-11-21-46(37)60-53)32-23-26-43-40(28-32)47-33-15-5-4-14-31(33)22-27-44(47)58-43/h2*1-29H. The van der Waals surface area contributed by atoms with Crippen molar-refractivity contribution in [2.24, 2.45) is 0 Å². The molecule has 0 unspecified atom stereocenters. The summed E-state index contributed by atoms with van der Waals surface area (Å²) in [7, 11) is 0. The summed E-state index contributed by atoms with van der Waals surface area (Å²) in [5, 5.41) is 24.7. The Morgan fingerprint density at radius 3 is 1.23 bits per heavy atom. The molecule has 0 aliphatic rings. The summed E-state index contributed by atoms with van der Waals surface area (Å²) in [6.45, 7) is 0. The fraction of sp³-hybridized carbons (Fsp3) is 0. The molecule has 0 N–H and O–H groups in total. The number of aromatic nitrogens is 6. The highest BCUT2D eigenvalue weighted by Crippen LogP contribution is 2.52. The first-order chi connectivity index (χ1) is 59.5. The molecule has 10 aromatic heterocycles. The van der Waals surface area contributed by atoms with Crippen molar-refractivity contribution in [3.8, 4) is 56.7 Å². The minimum atomic E-state index is 0.594. The van der Waals surface area contributed by atoms with E-state index in [9.17, 15) is 0 Å². The molecule has 0 saturated heterocycles. The van der Waals surface area contributed by atoms with E-state index in [4.69, 9.17) is 37.6 Å². The first-order valence-electron chi connectivity index (χ1n) is 40.3. The molecule has 28 aromatic rings. The van der Waals surface area contributed by atoms with Gasteiger partial charge >= 0.3 is 0 Å². The molecule has 0 aliphatic carbocycles. The summed E-state index contributed by atoms with van der Waals surface area (Å²) in [4.78, 5) is 22.1. The zero-order chi connectivity index (χ0) is 78.1. The third-order valence-corrected chi connectivity index (χ3v) is 27.1. The van der Waals surface area contributed by atoms with Gasteiger partial charge in [0.1, 0.15) is 44.7 Å². The minimum Gasteiger partial charge on any atom is -0.456 e. The van der Waals surface area contributed by atoms with Crippen LogP contribution in [0.1, 0.15) is 0 Å². The number of para-hydroxylation sites is 3. The van der Waals surface area contributed by atoms with Crippen molar-refractivity contribution in [1.82, 2.24) is 29.1 Å². The highest BCUT2D eigenvalue weighted by Gasteiger charge is 2.29. The number of rotatable bonds is 6. The summed E-state index contributed by atoms with van der Waals surface area (Å²) < 4.78 is 36.2. The van der Waals surface area contributed by atoms with E-state index in [1.807, 2.05) is 6.07 Å². The lowest BCUT2D eigenvalue weighted by Crippen LogP contribution is -2.02. The van der Waals surface area contributed by atoms with Crippen molar-refractivity contribution in [1.29, 1.82) is 0 Å². The van der Waals surface area contributed by atoms with Gasteiger partial charge in [-0.05, 0) is 162 Å². The first-order valence-corrected chi connectivity index (χ1v) is 41.9. The molecule has 0 aliphatic heterocycles. The number of fused-ring (bicyclic) bond motifs is 34. The van der Waals surface area contributed by atoms with Gasteiger partial charge in [-0.1, -0.05) is 255 Å².